The second-order valence-electron chi connectivity index (χ2n) is 17.3. The van der Waals surface area contributed by atoms with Crippen molar-refractivity contribution in [1.29, 1.82) is 0 Å². The van der Waals surface area contributed by atoms with E-state index >= 15 is 0 Å². The molecule has 0 spiro atoms. The fourth-order valence-corrected chi connectivity index (χ4v) is 10.2. The van der Waals surface area contributed by atoms with Crippen LogP contribution in [0.2, 0.25) is 0 Å². The van der Waals surface area contributed by atoms with Crippen LogP contribution in [-0.4, -0.2) is 126 Å². The molecule has 0 bridgehead atoms. The van der Waals surface area contributed by atoms with Crippen molar-refractivity contribution < 1.29 is 28.5 Å². The number of nitrogen functional groups attached to an aromatic ring is 1. The second-order valence-corrected chi connectivity index (χ2v) is 20.6. The molecule has 1 aromatic heterocycles. The molecule has 0 amide bonds. The number of thioether (sulfide) groups is 1. The predicted molar refractivity (Wildman–Crippen MR) is 314 cm³/mol. The molecule has 0 aliphatic carbocycles. The second kappa shape index (κ2) is 27.9. The van der Waals surface area contributed by atoms with Crippen molar-refractivity contribution in [3.8, 4) is 23.0 Å². The lowest BCUT2D eigenvalue weighted by atomic mass is 10.1. The maximum Gasteiger partial charge on any atom is 0.231 e. The Bertz CT molecular complexity index is 2650. The van der Waals surface area contributed by atoms with Gasteiger partial charge in [0, 0.05) is 98.3 Å². The Hall–Kier alpha value is -5.21. The number of nitrogens with two attached hydrogens (primary N) is 2. The van der Waals surface area contributed by atoms with E-state index in [1.54, 1.807) is 36.4 Å². The number of Topliss-reactive ketones (excluding diaryl/α,β-unsaturated/α-hetero) is 1. The normalized spacial score (nSPS) is 15.9. The molecule has 21 heteroatoms. The number of carbonyl (C=O) groups is 2. The number of thiazole rings is 1. The van der Waals surface area contributed by atoms with Crippen molar-refractivity contribution in [3.05, 3.63) is 101 Å². The number of fused-ring (bicyclic) bond motifs is 2. The van der Waals surface area contributed by atoms with Crippen LogP contribution in [0.25, 0.3) is 0 Å². The van der Waals surface area contributed by atoms with E-state index in [1.165, 1.54) is 47.3 Å². The van der Waals surface area contributed by atoms with Crippen LogP contribution in [0.3, 0.4) is 0 Å². The van der Waals surface area contributed by atoms with Crippen LogP contribution >= 0.6 is 61.1 Å². The van der Waals surface area contributed by atoms with Crippen LogP contribution in [0.4, 0.5) is 33.7 Å². The number of ether oxygens (including phenoxy) is 4. The van der Waals surface area contributed by atoms with E-state index in [0.717, 1.165) is 69.5 Å². The minimum atomic E-state index is -0.187. The summed E-state index contributed by atoms with van der Waals surface area (Å²) in [5, 5.41) is 8.19. The van der Waals surface area contributed by atoms with Crippen LogP contribution in [0.5, 0.6) is 23.0 Å². The summed E-state index contributed by atoms with van der Waals surface area (Å²) in [5.41, 5.74) is 17.3. The summed E-state index contributed by atoms with van der Waals surface area (Å²) in [5.74, 6) is 3.50. The van der Waals surface area contributed by atoms with Crippen molar-refractivity contribution >= 4 is 117 Å². The fraction of sp³-hybridized carbons (Fsp3) is 0.404. The molecule has 0 saturated carbocycles. The maximum absolute atomic E-state index is 13.0. The number of thiocarbonyl (C=S) groups is 1. The maximum atomic E-state index is 13.0. The van der Waals surface area contributed by atoms with Gasteiger partial charge in [-0.2, -0.15) is 14.9 Å². The highest BCUT2D eigenvalue weighted by atomic mass is 79.9. The van der Waals surface area contributed by atoms with Gasteiger partial charge in [0.1, 0.15) is 10.7 Å². The molecule has 2 saturated heterocycles. The summed E-state index contributed by atoms with van der Waals surface area (Å²) in [6.45, 7) is 20.2. The van der Waals surface area contributed by atoms with Gasteiger partial charge in [0.05, 0.1) is 5.33 Å². The molecule has 73 heavy (non-hydrogen) atoms. The number of anilines is 6. The van der Waals surface area contributed by atoms with Gasteiger partial charge >= 0.3 is 0 Å². The number of amidine groups is 1. The minimum Gasteiger partial charge on any atom is -0.454 e. The minimum absolute atomic E-state index is 0. The zero-order valence-corrected chi connectivity index (χ0v) is 47.7. The lowest BCUT2D eigenvalue weighted by Crippen LogP contribution is -2.49. The highest BCUT2D eigenvalue weighted by Crippen LogP contribution is 2.36. The van der Waals surface area contributed by atoms with Crippen molar-refractivity contribution in [3.63, 3.8) is 0 Å². The van der Waals surface area contributed by atoms with Crippen molar-refractivity contribution in [1.82, 2.24) is 14.8 Å². The number of nitrogens with zero attached hydrogens (tertiary/aromatic N) is 6. The number of carbonyl (C=O) groups excluding carboxylic acids is 2. The standard InChI is InChI=1S/C25H29N5O3S.C18H29N5S2.C9H7BrO3.H3P/c1-3-16(2)29-10-12-30(13-11-29)19-7-5-18(6-8-19)27-25-28-24(26)23(34-25)22(31)17-4-9-20-21(14-17)33-15-32-20;1-4-14(3)22-10-12-23(13-11-22)16-8-6-15(7-9-16)20-18(24)21-17(19)25-5-2;10-4-7(11)6-1-2-8-9(3-6)13-5-12-8;/h4-9,14,16H,3,10-13,15,26H2,1-2H3,(H,27,28);6-9,14H,4-5,10-13H2,1-3H3,(H3,19,20,21,24);1-3H,4-5H2;1H3. The molecular weight excluding hydrogens is 1070 g/mol. The van der Waals surface area contributed by atoms with Gasteiger partial charge in [0.25, 0.3) is 0 Å². The third-order valence-electron chi connectivity index (χ3n) is 12.8. The third kappa shape index (κ3) is 15.7. The number of aromatic nitrogens is 1. The van der Waals surface area contributed by atoms with E-state index in [1.807, 2.05) is 31.2 Å². The van der Waals surface area contributed by atoms with Crippen LogP contribution in [0, 0.1) is 0 Å². The van der Waals surface area contributed by atoms with E-state index in [0.29, 0.717) is 71.8 Å². The van der Waals surface area contributed by atoms with Gasteiger partial charge in [0.2, 0.25) is 19.4 Å². The molecule has 0 radical (unpaired) electrons. The number of ketones is 2. The topological polar surface area (TPSA) is 185 Å². The van der Waals surface area contributed by atoms with Gasteiger partial charge < -0.3 is 50.8 Å². The van der Waals surface area contributed by atoms with Crippen LogP contribution in [0.15, 0.2) is 89.9 Å². The molecule has 5 aromatic rings. The number of rotatable bonds is 14. The first-order chi connectivity index (χ1) is 34.8. The number of aliphatic imine (C=N–C) groups is 1. The first-order valence-corrected chi connectivity index (χ1v) is 27.6. The van der Waals surface area contributed by atoms with Crippen molar-refractivity contribution in [2.75, 3.05) is 103 Å². The first kappa shape index (κ1) is 57.1. The molecular formula is C52H68BrN10O6PS3. The Labute approximate surface area is 454 Å². The Morgan fingerprint density at radius 3 is 1.71 bits per heavy atom. The number of piperazine rings is 2. The Balaban J connectivity index is 0.000000195. The molecule has 2 fully saturated rings. The van der Waals surface area contributed by atoms with E-state index < -0.39 is 0 Å². The number of benzene rings is 4. The van der Waals surface area contributed by atoms with Gasteiger partial charge in [-0.25, -0.2) is 4.98 Å². The van der Waals surface area contributed by atoms with Crippen molar-refractivity contribution in [2.45, 2.75) is 59.5 Å². The molecule has 9 rings (SSSR count). The summed E-state index contributed by atoms with van der Waals surface area (Å²) in [6, 6.07) is 28.3. The highest BCUT2D eigenvalue weighted by Gasteiger charge is 2.24. The molecule has 5 heterocycles. The molecule has 3 unspecified atom stereocenters. The smallest absolute Gasteiger partial charge is 0.231 e. The van der Waals surface area contributed by atoms with E-state index in [2.05, 4.69) is 108 Å². The zero-order chi connectivity index (χ0) is 51.1. The van der Waals surface area contributed by atoms with Crippen LogP contribution < -0.4 is 50.8 Å². The molecule has 4 aromatic carbocycles. The Kier molecular flexibility index (Phi) is 21.8. The average molecular weight is 1140 g/mol. The van der Waals surface area contributed by atoms with Gasteiger partial charge in [-0.3, -0.25) is 19.4 Å². The van der Waals surface area contributed by atoms with Crippen LogP contribution in [-0.2, 0) is 0 Å². The summed E-state index contributed by atoms with van der Waals surface area (Å²) < 4.78 is 21.0. The number of alkyl halides is 1. The van der Waals surface area contributed by atoms with E-state index in [9.17, 15) is 9.59 Å². The molecule has 6 N–H and O–H groups in total. The third-order valence-corrected chi connectivity index (χ3v) is 15.2. The number of halogens is 1. The monoisotopic (exact) mass is 1130 g/mol. The molecule has 4 aliphatic rings. The molecule has 3 atom stereocenters. The lowest BCUT2D eigenvalue weighted by molar-refractivity contribution is 0.102. The average Bonchev–Trinajstić information content (AvgIpc) is 4.18. The van der Waals surface area contributed by atoms with Gasteiger partial charge in [-0.15, -0.1) is 0 Å². The number of nitrogens with one attached hydrogen (secondary N) is 2. The van der Waals surface area contributed by atoms with Crippen molar-refractivity contribution in [2.24, 2.45) is 10.7 Å². The highest BCUT2D eigenvalue weighted by molar-refractivity contribution is 9.09. The van der Waals surface area contributed by atoms with E-state index in [-0.39, 0.29) is 40.9 Å². The number of hydrogen-bond donors (Lipinski definition) is 4. The zero-order valence-electron chi connectivity index (χ0n) is 42.2. The first-order valence-electron chi connectivity index (χ1n) is 24.3. The quantitative estimate of drug-likeness (QED) is 0.0205. The Morgan fingerprint density at radius 2 is 1.22 bits per heavy atom. The number of hydrogen-bond acceptors (Lipinski definition) is 16. The SMILES string of the molecule is CCC(C)N1CCN(c2ccc(Nc3nc(N)c(C(=O)c4ccc5c(c4)OCO5)s3)cc2)CC1.CCSC(N)=NC(=S)Nc1ccc(N2CCN(C(C)CC)CC2)cc1.O=C(CBr)c1ccc2c(c1)OCO2.P. The fourth-order valence-electron chi connectivity index (χ4n) is 8.29. The summed E-state index contributed by atoms with van der Waals surface area (Å²) in [6.07, 6.45) is 2.40. The van der Waals surface area contributed by atoms with Gasteiger partial charge in [-0.1, -0.05) is 59.8 Å². The van der Waals surface area contributed by atoms with Gasteiger partial charge in [0.15, 0.2) is 44.2 Å². The van der Waals surface area contributed by atoms with Gasteiger partial charge in [-0.05, 0) is 130 Å². The summed E-state index contributed by atoms with van der Waals surface area (Å²) in [7, 11) is 0. The largest absolute Gasteiger partial charge is 0.454 e. The van der Waals surface area contributed by atoms with E-state index in [4.69, 9.17) is 42.6 Å². The Morgan fingerprint density at radius 1 is 0.740 bits per heavy atom. The lowest BCUT2D eigenvalue weighted by Gasteiger charge is -2.39. The molecule has 4 aliphatic heterocycles. The molecule has 392 valence electrons. The van der Waals surface area contributed by atoms with Crippen LogP contribution in [0.1, 0.15) is 73.1 Å². The predicted octanol–water partition coefficient (Wildman–Crippen LogP) is 9.77. The molecule has 16 nitrogen and oxygen atoms in total. The summed E-state index contributed by atoms with van der Waals surface area (Å²) in [4.78, 5) is 43.2. The summed E-state index contributed by atoms with van der Waals surface area (Å²) >= 11 is 11.1.